The van der Waals surface area contributed by atoms with Gasteiger partial charge in [0.25, 0.3) is 0 Å². The van der Waals surface area contributed by atoms with Gasteiger partial charge in [0.15, 0.2) is 0 Å². The van der Waals surface area contributed by atoms with Crippen LogP contribution in [0.2, 0.25) is 0 Å². The molecule has 0 aliphatic carbocycles. The molecule has 0 aliphatic heterocycles. The molecule has 0 heterocycles. The smallest absolute Gasteiger partial charge is 0.137 e. The third kappa shape index (κ3) is 7.00. The van der Waals surface area contributed by atoms with Crippen LogP contribution in [0.3, 0.4) is 0 Å². The average Bonchev–Trinajstić information content (AvgIpc) is 2.23. The summed E-state index contributed by atoms with van der Waals surface area (Å²) < 4.78 is 0. The van der Waals surface area contributed by atoms with Gasteiger partial charge in [0.05, 0.1) is 0 Å². The molecule has 2 heteroatoms. The number of rotatable bonds is 10. The van der Waals surface area contributed by atoms with Crippen molar-refractivity contribution >= 4 is 5.78 Å². The summed E-state index contributed by atoms with van der Waals surface area (Å²) in [6.45, 7) is 6.89. The molecule has 0 aliphatic rings. The first-order valence-corrected chi connectivity index (χ1v) is 6.86. The van der Waals surface area contributed by atoms with Crippen LogP contribution in [0.25, 0.3) is 0 Å². The summed E-state index contributed by atoms with van der Waals surface area (Å²) in [4.78, 5) is 11.8. The molecule has 1 atom stereocenters. The molecule has 0 aromatic rings. The van der Waals surface area contributed by atoms with Crippen molar-refractivity contribution in [1.29, 1.82) is 0 Å². The van der Waals surface area contributed by atoms with Crippen LogP contribution in [0.5, 0.6) is 0 Å². The van der Waals surface area contributed by atoms with Gasteiger partial charge in [-0.25, -0.2) is 0 Å². The molecule has 0 radical (unpaired) electrons. The molecule has 96 valence electrons. The summed E-state index contributed by atoms with van der Waals surface area (Å²) in [6.07, 6.45) is 8.16. The van der Waals surface area contributed by atoms with E-state index in [1.807, 2.05) is 0 Å². The summed E-state index contributed by atoms with van der Waals surface area (Å²) >= 11 is 0. The molecule has 0 saturated heterocycles. The van der Waals surface area contributed by atoms with Crippen LogP contribution in [-0.4, -0.2) is 12.3 Å². The van der Waals surface area contributed by atoms with Crippen molar-refractivity contribution in [2.45, 2.75) is 65.7 Å². The third-order valence-electron chi connectivity index (χ3n) is 3.25. The first kappa shape index (κ1) is 15.6. The number of carbonyl (C=O) groups excluding carboxylic acids is 1. The summed E-state index contributed by atoms with van der Waals surface area (Å²) in [6, 6.07) is 0. The minimum Gasteiger partial charge on any atom is -0.330 e. The Morgan fingerprint density at radius 1 is 1.06 bits per heavy atom. The van der Waals surface area contributed by atoms with Gasteiger partial charge in [-0.2, -0.15) is 0 Å². The number of hydrogen-bond donors (Lipinski definition) is 1. The molecule has 16 heavy (non-hydrogen) atoms. The first-order valence-electron chi connectivity index (χ1n) is 6.86. The molecule has 2 nitrogen and oxygen atoms in total. The van der Waals surface area contributed by atoms with Crippen LogP contribution in [0.4, 0.5) is 0 Å². The summed E-state index contributed by atoms with van der Waals surface area (Å²) in [5, 5.41) is 0. The molecule has 0 fully saturated rings. The van der Waals surface area contributed by atoms with E-state index in [9.17, 15) is 4.79 Å². The fourth-order valence-electron chi connectivity index (χ4n) is 2.04. The monoisotopic (exact) mass is 227 g/mol. The lowest BCUT2D eigenvalue weighted by atomic mass is 9.89. The Kier molecular flexibility index (Phi) is 9.60. The van der Waals surface area contributed by atoms with E-state index < -0.39 is 0 Å². The van der Waals surface area contributed by atoms with Gasteiger partial charge in [-0.3, -0.25) is 4.79 Å². The van der Waals surface area contributed by atoms with Gasteiger partial charge >= 0.3 is 0 Å². The molecule has 0 aromatic carbocycles. The average molecular weight is 227 g/mol. The van der Waals surface area contributed by atoms with Gasteiger partial charge in [0.2, 0.25) is 0 Å². The van der Waals surface area contributed by atoms with Crippen molar-refractivity contribution in [1.82, 2.24) is 0 Å². The van der Waals surface area contributed by atoms with Crippen molar-refractivity contribution in [3.8, 4) is 0 Å². The number of hydrogen-bond acceptors (Lipinski definition) is 2. The van der Waals surface area contributed by atoms with Crippen LogP contribution < -0.4 is 5.73 Å². The van der Waals surface area contributed by atoms with Crippen molar-refractivity contribution in [3.63, 3.8) is 0 Å². The molecular weight excluding hydrogens is 198 g/mol. The van der Waals surface area contributed by atoms with Gasteiger partial charge in [0.1, 0.15) is 5.78 Å². The summed E-state index contributed by atoms with van der Waals surface area (Å²) in [7, 11) is 0. The highest BCUT2D eigenvalue weighted by atomic mass is 16.1. The molecule has 0 rings (SSSR count). The van der Waals surface area contributed by atoms with E-state index in [4.69, 9.17) is 5.73 Å². The van der Waals surface area contributed by atoms with Gasteiger partial charge in [-0.15, -0.1) is 0 Å². The Bertz CT molecular complexity index is 178. The van der Waals surface area contributed by atoms with E-state index in [2.05, 4.69) is 20.8 Å². The number of nitrogens with two attached hydrogens (primary N) is 1. The quantitative estimate of drug-likeness (QED) is 0.580. The minimum atomic E-state index is 0.0793. The maximum absolute atomic E-state index is 11.8. The van der Waals surface area contributed by atoms with Crippen LogP contribution in [0.15, 0.2) is 0 Å². The predicted octanol–water partition coefficient (Wildman–Crippen LogP) is 3.54. The lowest BCUT2D eigenvalue weighted by molar-refractivity contribution is -0.123. The van der Waals surface area contributed by atoms with Crippen LogP contribution in [-0.2, 0) is 4.79 Å². The SMILES string of the molecule is CCCCCCCCC(=O)C(CN)C(C)C. The second kappa shape index (κ2) is 9.83. The van der Waals surface area contributed by atoms with Crippen molar-refractivity contribution in [2.24, 2.45) is 17.6 Å². The highest BCUT2D eigenvalue weighted by molar-refractivity contribution is 5.81. The van der Waals surface area contributed by atoms with E-state index in [1.54, 1.807) is 0 Å². The molecule has 0 saturated carbocycles. The normalized spacial score (nSPS) is 13.1. The standard InChI is InChI=1S/C14H29NO/c1-4-5-6-7-8-9-10-14(16)13(11-15)12(2)3/h12-13H,4-11,15H2,1-3H3. The van der Waals surface area contributed by atoms with E-state index in [1.165, 1.54) is 32.1 Å². The zero-order chi connectivity index (χ0) is 12.4. The van der Waals surface area contributed by atoms with Gasteiger partial charge in [-0.1, -0.05) is 52.9 Å². The number of Topliss-reactive ketones (excluding diaryl/α,β-unsaturated/α-hetero) is 1. The Morgan fingerprint density at radius 3 is 2.12 bits per heavy atom. The maximum atomic E-state index is 11.8. The second-order valence-electron chi connectivity index (χ2n) is 5.07. The lowest BCUT2D eigenvalue weighted by Crippen LogP contribution is -2.28. The van der Waals surface area contributed by atoms with Crippen LogP contribution in [0.1, 0.15) is 65.7 Å². The largest absolute Gasteiger partial charge is 0.330 e. The molecule has 1 unspecified atom stereocenters. The highest BCUT2D eigenvalue weighted by Gasteiger charge is 2.19. The van der Waals surface area contributed by atoms with E-state index in [0.29, 0.717) is 18.2 Å². The fraction of sp³-hybridized carbons (Fsp3) is 0.929. The highest BCUT2D eigenvalue weighted by Crippen LogP contribution is 2.15. The number of carbonyl (C=O) groups is 1. The van der Waals surface area contributed by atoms with Crippen LogP contribution in [0, 0.1) is 11.8 Å². The van der Waals surface area contributed by atoms with Gasteiger partial charge < -0.3 is 5.73 Å². The lowest BCUT2D eigenvalue weighted by Gasteiger charge is -2.17. The molecule has 0 spiro atoms. The molecule has 0 aromatic heterocycles. The van der Waals surface area contributed by atoms with Crippen molar-refractivity contribution in [2.75, 3.05) is 6.54 Å². The topological polar surface area (TPSA) is 43.1 Å². The Hall–Kier alpha value is -0.370. The van der Waals surface area contributed by atoms with Crippen molar-refractivity contribution < 1.29 is 4.79 Å². The van der Waals surface area contributed by atoms with E-state index >= 15 is 0 Å². The summed E-state index contributed by atoms with van der Waals surface area (Å²) in [5.41, 5.74) is 5.62. The summed E-state index contributed by atoms with van der Waals surface area (Å²) in [5.74, 6) is 0.834. The number of unbranched alkanes of at least 4 members (excludes halogenated alkanes) is 5. The second-order valence-corrected chi connectivity index (χ2v) is 5.07. The van der Waals surface area contributed by atoms with Crippen LogP contribution >= 0.6 is 0 Å². The Morgan fingerprint density at radius 2 is 1.62 bits per heavy atom. The predicted molar refractivity (Wildman–Crippen MR) is 70.4 cm³/mol. The Labute approximate surface area is 101 Å². The van der Waals surface area contributed by atoms with E-state index in [-0.39, 0.29) is 5.92 Å². The maximum Gasteiger partial charge on any atom is 0.137 e. The molecule has 0 amide bonds. The van der Waals surface area contributed by atoms with Crippen molar-refractivity contribution in [3.05, 3.63) is 0 Å². The zero-order valence-corrected chi connectivity index (χ0v) is 11.3. The first-order chi connectivity index (χ1) is 7.63. The van der Waals surface area contributed by atoms with E-state index in [0.717, 1.165) is 12.8 Å². The van der Waals surface area contributed by atoms with Gasteiger partial charge in [0, 0.05) is 18.9 Å². The Balaban J connectivity index is 3.56. The molecular formula is C14H29NO. The molecule has 0 bridgehead atoms. The fourth-order valence-corrected chi connectivity index (χ4v) is 2.04. The minimum absolute atomic E-state index is 0.0793. The third-order valence-corrected chi connectivity index (χ3v) is 3.25. The zero-order valence-electron chi connectivity index (χ0n) is 11.3. The number of ketones is 1. The van der Waals surface area contributed by atoms with Gasteiger partial charge in [-0.05, 0) is 12.3 Å². The molecule has 2 N–H and O–H groups in total.